The Kier molecular flexibility index (Phi) is 5.25. The summed E-state index contributed by atoms with van der Waals surface area (Å²) in [7, 11) is 2.87. The number of benzene rings is 1. The van der Waals surface area contributed by atoms with E-state index in [1.54, 1.807) is 6.07 Å². The summed E-state index contributed by atoms with van der Waals surface area (Å²) < 4.78 is 18.3. The standard InChI is InChI=1S/C19H18N2O6/c1-20-13(10-17(22)21(2)19(20)24)11-26-18(23)16-9-8-15(27-16)12-25-14-6-4-3-5-7-14/h3-10H,11-12H2,1-2H3. The number of hydrogen-bond acceptors (Lipinski definition) is 6. The fourth-order valence-electron chi connectivity index (χ4n) is 2.36. The van der Waals surface area contributed by atoms with Crippen molar-refractivity contribution in [3.8, 4) is 5.75 Å². The van der Waals surface area contributed by atoms with E-state index in [4.69, 9.17) is 13.9 Å². The van der Waals surface area contributed by atoms with Gasteiger partial charge < -0.3 is 13.9 Å². The molecule has 0 bridgehead atoms. The predicted molar refractivity (Wildman–Crippen MR) is 95.5 cm³/mol. The van der Waals surface area contributed by atoms with Gasteiger partial charge in [0.2, 0.25) is 5.76 Å². The topological polar surface area (TPSA) is 92.7 Å². The fourth-order valence-corrected chi connectivity index (χ4v) is 2.36. The van der Waals surface area contributed by atoms with Crippen molar-refractivity contribution < 1.29 is 18.7 Å². The Morgan fingerprint density at radius 3 is 2.48 bits per heavy atom. The zero-order chi connectivity index (χ0) is 19.4. The summed E-state index contributed by atoms with van der Waals surface area (Å²) in [5.41, 5.74) is -0.676. The van der Waals surface area contributed by atoms with Crippen molar-refractivity contribution in [1.82, 2.24) is 9.13 Å². The molecule has 0 spiro atoms. The Bertz CT molecular complexity index is 1060. The van der Waals surface area contributed by atoms with Crippen LogP contribution in [0.5, 0.6) is 5.75 Å². The third-order valence-electron chi connectivity index (χ3n) is 3.96. The average molecular weight is 370 g/mol. The number of carbonyl (C=O) groups is 1. The first kappa shape index (κ1) is 18.2. The highest BCUT2D eigenvalue weighted by Crippen LogP contribution is 2.15. The van der Waals surface area contributed by atoms with Crippen molar-refractivity contribution >= 4 is 5.97 Å². The molecule has 1 aromatic carbocycles. The highest BCUT2D eigenvalue weighted by molar-refractivity contribution is 5.86. The molecule has 0 aliphatic heterocycles. The van der Waals surface area contributed by atoms with Crippen LogP contribution in [0, 0.1) is 0 Å². The molecule has 2 heterocycles. The minimum atomic E-state index is -0.700. The highest BCUT2D eigenvalue weighted by atomic mass is 16.5. The summed E-state index contributed by atoms with van der Waals surface area (Å²) in [6.07, 6.45) is 0. The van der Waals surface area contributed by atoms with Gasteiger partial charge in [0.15, 0.2) is 0 Å². The van der Waals surface area contributed by atoms with Gasteiger partial charge in [0.1, 0.15) is 24.7 Å². The molecule has 0 saturated heterocycles. The summed E-state index contributed by atoms with van der Waals surface area (Å²) in [4.78, 5) is 35.7. The van der Waals surface area contributed by atoms with Crippen LogP contribution in [0.3, 0.4) is 0 Å². The summed E-state index contributed by atoms with van der Waals surface area (Å²) in [5.74, 6) is 0.459. The number of para-hydroxylation sites is 1. The van der Waals surface area contributed by atoms with Gasteiger partial charge in [-0.05, 0) is 24.3 Å². The number of rotatable bonds is 6. The molecule has 0 fully saturated rings. The predicted octanol–water partition coefficient (Wildman–Crippen LogP) is 1.61. The molecule has 0 N–H and O–H groups in total. The molecule has 0 aliphatic rings. The zero-order valence-electron chi connectivity index (χ0n) is 14.9. The maximum absolute atomic E-state index is 12.1. The lowest BCUT2D eigenvalue weighted by Crippen LogP contribution is -2.38. The van der Waals surface area contributed by atoms with Crippen LogP contribution in [0.1, 0.15) is 22.0 Å². The second-order valence-electron chi connectivity index (χ2n) is 5.82. The molecular weight excluding hydrogens is 352 g/mol. The van der Waals surface area contributed by atoms with Crippen LogP contribution < -0.4 is 16.0 Å². The molecular formula is C19H18N2O6. The van der Waals surface area contributed by atoms with Gasteiger partial charge in [-0.25, -0.2) is 9.59 Å². The van der Waals surface area contributed by atoms with E-state index in [0.717, 1.165) is 4.57 Å². The fraction of sp³-hybridized carbons (Fsp3) is 0.211. The zero-order valence-corrected chi connectivity index (χ0v) is 14.9. The van der Waals surface area contributed by atoms with E-state index in [1.807, 2.05) is 30.3 Å². The third kappa shape index (κ3) is 4.17. The summed E-state index contributed by atoms with van der Waals surface area (Å²) in [6.45, 7) is -0.0578. The SMILES string of the molecule is Cn1c(COC(=O)c2ccc(COc3ccccc3)o2)cc(=O)n(C)c1=O. The average Bonchev–Trinajstić information content (AvgIpc) is 3.16. The first-order valence-corrected chi connectivity index (χ1v) is 8.15. The van der Waals surface area contributed by atoms with Gasteiger partial charge >= 0.3 is 11.7 Å². The lowest BCUT2D eigenvalue weighted by molar-refractivity contribution is 0.0422. The summed E-state index contributed by atoms with van der Waals surface area (Å²) in [5, 5.41) is 0. The van der Waals surface area contributed by atoms with Crippen molar-refractivity contribution in [2.45, 2.75) is 13.2 Å². The largest absolute Gasteiger partial charge is 0.486 e. The van der Waals surface area contributed by atoms with Crippen LogP contribution in [0.15, 0.2) is 62.5 Å². The van der Waals surface area contributed by atoms with Crippen LogP contribution in [0.4, 0.5) is 0 Å². The molecule has 8 nitrogen and oxygen atoms in total. The van der Waals surface area contributed by atoms with E-state index in [-0.39, 0.29) is 24.7 Å². The molecule has 0 unspecified atom stereocenters. The van der Waals surface area contributed by atoms with E-state index in [1.165, 1.54) is 30.8 Å². The van der Waals surface area contributed by atoms with E-state index in [2.05, 4.69) is 0 Å². The number of esters is 1. The molecule has 0 aliphatic carbocycles. The first-order valence-electron chi connectivity index (χ1n) is 8.15. The number of furan rings is 1. The summed E-state index contributed by atoms with van der Waals surface area (Å²) in [6, 6.07) is 13.6. The van der Waals surface area contributed by atoms with Gasteiger partial charge in [-0.3, -0.25) is 13.9 Å². The van der Waals surface area contributed by atoms with Crippen molar-refractivity contribution in [3.63, 3.8) is 0 Å². The molecule has 0 saturated carbocycles. The number of nitrogens with zero attached hydrogens (tertiary/aromatic N) is 2. The number of carbonyl (C=O) groups excluding carboxylic acids is 1. The number of aromatic nitrogens is 2. The Balaban J connectivity index is 1.62. The van der Waals surface area contributed by atoms with Crippen LogP contribution >= 0.6 is 0 Å². The maximum atomic E-state index is 12.1. The smallest absolute Gasteiger partial charge is 0.374 e. The van der Waals surface area contributed by atoms with Crippen molar-refractivity contribution in [2.75, 3.05) is 0 Å². The molecule has 2 aromatic heterocycles. The molecule has 27 heavy (non-hydrogen) atoms. The number of hydrogen-bond donors (Lipinski definition) is 0. The van der Waals surface area contributed by atoms with E-state index in [9.17, 15) is 14.4 Å². The third-order valence-corrected chi connectivity index (χ3v) is 3.96. The monoisotopic (exact) mass is 370 g/mol. The van der Waals surface area contributed by atoms with Crippen LogP contribution in [0.25, 0.3) is 0 Å². The normalized spacial score (nSPS) is 10.6. The summed E-state index contributed by atoms with van der Waals surface area (Å²) >= 11 is 0. The van der Waals surface area contributed by atoms with Crippen molar-refractivity contribution in [3.05, 3.63) is 86.6 Å². The molecule has 3 rings (SSSR count). The molecule has 0 amide bonds. The quantitative estimate of drug-likeness (QED) is 0.612. The Hall–Kier alpha value is -3.55. The molecule has 3 aromatic rings. The van der Waals surface area contributed by atoms with Crippen LogP contribution in [-0.2, 0) is 32.0 Å². The van der Waals surface area contributed by atoms with Gasteiger partial charge in [-0.2, -0.15) is 0 Å². The van der Waals surface area contributed by atoms with E-state index in [0.29, 0.717) is 11.5 Å². The lowest BCUT2D eigenvalue weighted by atomic mass is 10.3. The van der Waals surface area contributed by atoms with Gasteiger partial charge in [0.05, 0.1) is 5.69 Å². The molecule has 0 atom stereocenters. The van der Waals surface area contributed by atoms with Gasteiger partial charge in [0.25, 0.3) is 5.56 Å². The van der Waals surface area contributed by atoms with Gasteiger partial charge in [-0.15, -0.1) is 0 Å². The van der Waals surface area contributed by atoms with Gasteiger partial charge in [0, 0.05) is 20.2 Å². The number of ether oxygens (including phenoxy) is 2. The first-order chi connectivity index (χ1) is 13.0. The molecule has 0 radical (unpaired) electrons. The second kappa shape index (κ2) is 7.77. The highest BCUT2D eigenvalue weighted by Gasteiger charge is 2.15. The second-order valence-corrected chi connectivity index (χ2v) is 5.82. The molecule has 8 heteroatoms. The Morgan fingerprint density at radius 2 is 1.74 bits per heavy atom. The molecule has 140 valence electrons. The van der Waals surface area contributed by atoms with Crippen molar-refractivity contribution in [1.29, 1.82) is 0 Å². The minimum Gasteiger partial charge on any atom is -0.486 e. The van der Waals surface area contributed by atoms with Gasteiger partial charge in [-0.1, -0.05) is 18.2 Å². The van der Waals surface area contributed by atoms with E-state index >= 15 is 0 Å². The Morgan fingerprint density at radius 1 is 1.00 bits per heavy atom. The van der Waals surface area contributed by atoms with E-state index < -0.39 is 17.2 Å². The van der Waals surface area contributed by atoms with Crippen LogP contribution in [-0.4, -0.2) is 15.1 Å². The maximum Gasteiger partial charge on any atom is 0.374 e. The lowest BCUT2D eigenvalue weighted by Gasteiger charge is -2.09. The Labute approximate surface area is 154 Å². The minimum absolute atomic E-state index is 0.00972. The van der Waals surface area contributed by atoms with Crippen LogP contribution in [0.2, 0.25) is 0 Å². The van der Waals surface area contributed by atoms with Crippen molar-refractivity contribution in [2.24, 2.45) is 14.1 Å².